The van der Waals surface area contributed by atoms with Gasteiger partial charge in [0.2, 0.25) is 5.91 Å². The van der Waals surface area contributed by atoms with Crippen LogP contribution in [0.1, 0.15) is 45.4 Å². The van der Waals surface area contributed by atoms with Crippen LogP contribution < -0.4 is 11.1 Å². The Bertz CT molecular complexity index is 393. The molecule has 0 aliphatic heterocycles. The first-order chi connectivity index (χ1) is 9.56. The number of hydrogen-bond donors (Lipinski definition) is 3. The predicted octanol–water partition coefficient (Wildman–Crippen LogP) is 1.70. The normalized spacial score (nSPS) is 40.6. The molecule has 4 fully saturated rings. The minimum absolute atomic E-state index is 0.0735. The lowest BCUT2D eigenvalue weighted by Crippen LogP contribution is -2.52. The average molecular weight is 279 g/mol. The lowest BCUT2D eigenvalue weighted by Gasteiger charge is -2.53. The van der Waals surface area contributed by atoms with Gasteiger partial charge >= 0.3 is 0 Å². The summed E-state index contributed by atoms with van der Waals surface area (Å²) in [5.41, 5.74) is 5.49. The Balaban J connectivity index is 1.60. The Kier molecular flexibility index (Phi) is 3.61. The molecular weight excluding hydrogens is 254 g/mol. The fourth-order valence-electron chi connectivity index (χ4n) is 5.10. The average Bonchev–Trinajstić information content (AvgIpc) is 2.36. The molecule has 4 rings (SSSR count). The first kappa shape index (κ1) is 13.7. The fourth-order valence-corrected chi connectivity index (χ4v) is 5.10. The van der Waals surface area contributed by atoms with Gasteiger partial charge in [-0.1, -0.05) is 5.16 Å². The molecular formula is C15H25N3O2. The molecule has 5 nitrogen and oxygen atoms in total. The van der Waals surface area contributed by atoms with Crippen molar-refractivity contribution in [2.75, 3.05) is 0 Å². The topological polar surface area (TPSA) is 87.7 Å². The van der Waals surface area contributed by atoms with Crippen LogP contribution in [0.2, 0.25) is 0 Å². The number of amidine groups is 1. The number of hydrogen-bond acceptors (Lipinski definition) is 3. The third-order valence-corrected chi connectivity index (χ3v) is 5.56. The van der Waals surface area contributed by atoms with E-state index >= 15 is 0 Å². The van der Waals surface area contributed by atoms with E-state index in [0.29, 0.717) is 18.3 Å². The maximum atomic E-state index is 12.6. The summed E-state index contributed by atoms with van der Waals surface area (Å²) in [4.78, 5) is 12.6. The molecule has 0 aromatic carbocycles. The van der Waals surface area contributed by atoms with Crippen molar-refractivity contribution in [1.82, 2.24) is 5.32 Å². The van der Waals surface area contributed by atoms with Gasteiger partial charge in [0.25, 0.3) is 0 Å². The van der Waals surface area contributed by atoms with Crippen LogP contribution in [-0.2, 0) is 4.79 Å². The van der Waals surface area contributed by atoms with Crippen molar-refractivity contribution in [1.29, 1.82) is 0 Å². The van der Waals surface area contributed by atoms with Gasteiger partial charge in [-0.05, 0) is 62.7 Å². The molecule has 20 heavy (non-hydrogen) atoms. The van der Waals surface area contributed by atoms with Crippen molar-refractivity contribution >= 4 is 11.7 Å². The van der Waals surface area contributed by atoms with Crippen molar-refractivity contribution < 1.29 is 10.0 Å². The molecule has 1 atom stereocenters. The first-order valence-corrected chi connectivity index (χ1v) is 7.83. The second-order valence-corrected chi connectivity index (χ2v) is 7.16. The molecule has 4 aliphatic rings. The number of oxime groups is 1. The van der Waals surface area contributed by atoms with E-state index in [4.69, 9.17) is 10.9 Å². The van der Waals surface area contributed by atoms with E-state index in [2.05, 4.69) is 10.5 Å². The van der Waals surface area contributed by atoms with Crippen LogP contribution in [0.15, 0.2) is 5.16 Å². The van der Waals surface area contributed by atoms with E-state index in [-0.39, 0.29) is 23.7 Å². The zero-order valence-corrected chi connectivity index (χ0v) is 12.1. The van der Waals surface area contributed by atoms with Gasteiger partial charge in [0.15, 0.2) is 0 Å². The molecule has 4 aliphatic carbocycles. The van der Waals surface area contributed by atoms with Gasteiger partial charge < -0.3 is 16.3 Å². The summed E-state index contributed by atoms with van der Waals surface area (Å²) >= 11 is 0. The highest BCUT2D eigenvalue weighted by atomic mass is 16.4. The highest BCUT2D eigenvalue weighted by molar-refractivity contribution is 5.83. The van der Waals surface area contributed by atoms with E-state index in [1.54, 1.807) is 0 Å². The van der Waals surface area contributed by atoms with Gasteiger partial charge in [0.1, 0.15) is 5.84 Å². The Labute approximate surface area is 120 Å². The van der Waals surface area contributed by atoms with E-state index in [1.807, 2.05) is 6.92 Å². The number of nitrogens with zero attached hydrogens (tertiary/aromatic N) is 1. The number of rotatable bonds is 4. The van der Waals surface area contributed by atoms with Gasteiger partial charge in [0.05, 0.1) is 0 Å². The lowest BCUT2D eigenvalue weighted by atomic mass is 9.51. The molecule has 5 heteroatoms. The SMILES string of the molecule is CC(CC(N)=NO)NC(=O)C1C2CC3CC(C2)CC1C3. The Morgan fingerprint density at radius 2 is 1.80 bits per heavy atom. The van der Waals surface area contributed by atoms with Gasteiger partial charge in [-0.3, -0.25) is 4.79 Å². The second kappa shape index (κ2) is 5.26. The molecule has 4 N–H and O–H groups in total. The van der Waals surface area contributed by atoms with Gasteiger partial charge in [-0.2, -0.15) is 0 Å². The van der Waals surface area contributed by atoms with E-state index in [9.17, 15) is 4.79 Å². The monoisotopic (exact) mass is 279 g/mol. The molecule has 1 amide bonds. The highest BCUT2D eigenvalue weighted by Crippen LogP contribution is 2.56. The molecule has 4 bridgehead atoms. The van der Waals surface area contributed by atoms with Gasteiger partial charge in [-0.15, -0.1) is 0 Å². The maximum Gasteiger partial charge on any atom is 0.223 e. The summed E-state index contributed by atoms with van der Waals surface area (Å²) in [6.07, 6.45) is 6.80. The third kappa shape index (κ3) is 2.50. The molecule has 0 saturated heterocycles. The Morgan fingerprint density at radius 1 is 1.25 bits per heavy atom. The van der Waals surface area contributed by atoms with Crippen molar-refractivity contribution in [2.24, 2.45) is 40.5 Å². The predicted molar refractivity (Wildman–Crippen MR) is 76.2 cm³/mol. The zero-order chi connectivity index (χ0) is 14.3. The van der Waals surface area contributed by atoms with E-state index in [1.165, 1.54) is 32.1 Å². The van der Waals surface area contributed by atoms with Crippen LogP contribution in [0.25, 0.3) is 0 Å². The van der Waals surface area contributed by atoms with Crippen molar-refractivity contribution in [3.63, 3.8) is 0 Å². The van der Waals surface area contributed by atoms with Crippen LogP contribution in [0.3, 0.4) is 0 Å². The molecule has 1 unspecified atom stereocenters. The second-order valence-electron chi connectivity index (χ2n) is 7.16. The van der Waals surface area contributed by atoms with Crippen LogP contribution in [-0.4, -0.2) is 23.0 Å². The molecule has 4 saturated carbocycles. The van der Waals surface area contributed by atoms with Crippen LogP contribution in [0.4, 0.5) is 0 Å². The van der Waals surface area contributed by atoms with Gasteiger partial charge in [-0.25, -0.2) is 0 Å². The maximum absolute atomic E-state index is 12.6. The fraction of sp³-hybridized carbons (Fsp3) is 0.867. The standard InChI is InChI=1S/C15H25N3O2/c1-8(2-13(16)18-20)17-15(19)14-11-4-9-3-10(6-11)7-12(14)5-9/h8-12,14,20H,2-7H2,1H3,(H2,16,18)(H,17,19). The number of carbonyl (C=O) groups excluding carboxylic acids is 1. The largest absolute Gasteiger partial charge is 0.409 e. The minimum Gasteiger partial charge on any atom is -0.409 e. The highest BCUT2D eigenvalue weighted by Gasteiger charge is 2.50. The zero-order valence-electron chi connectivity index (χ0n) is 12.1. The summed E-state index contributed by atoms with van der Waals surface area (Å²) in [5.74, 6) is 3.54. The summed E-state index contributed by atoms with van der Waals surface area (Å²) in [7, 11) is 0. The van der Waals surface area contributed by atoms with E-state index < -0.39 is 0 Å². The molecule has 0 radical (unpaired) electrons. The Morgan fingerprint density at radius 3 is 2.30 bits per heavy atom. The summed E-state index contributed by atoms with van der Waals surface area (Å²) < 4.78 is 0. The molecule has 0 spiro atoms. The van der Waals surface area contributed by atoms with E-state index in [0.717, 1.165) is 11.8 Å². The van der Waals surface area contributed by atoms with Gasteiger partial charge in [0, 0.05) is 18.4 Å². The Hall–Kier alpha value is -1.26. The van der Waals surface area contributed by atoms with Crippen molar-refractivity contribution in [2.45, 2.75) is 51.5 Å². The number of carbonyl (C=O) groups is 1. The first-order valence-electron chi connectivity index (χ1n) is 7.83. The molecule has 0 heterocycles. The molecule has 112 valence electrons. The quantitative estimate of drug-likeness (QED) is 0.317. The minimum atomic E-state index is -0.0735. The van der Waals surface area contributed by atoms with Crippen LogP contribution in [0.5, 0.6) is 0 Å². The van der Waals surface area contributed by atoms with Crippen LogP contribution in [0, 0.1) is 29.6 Å². The molecule has 0 aromatic rings. The summed E-state index contributed by atoms with van der Waals surface area (Å²) in [6.45, 7) is 1.91. The molecule has 0 aromatic heterocycles. The third-order valence-electron chi connectivity index (χ3n) is 5.56. The lowest BCUT2D eigenvalue weighted by molar-refractivity contribution is -0.138. The number of nitrogens with two attached hydrogens (primary N) is 1. The number of nitrogens with one attached hydrogen (secondary N) is 1. The summed E-state index contributed by atoms with van der Waals surface area (Å²) in [6, 6.07) is -0.0735. The van der Waals surface area contributed by atoms with Crippen LogP contribution >= 0.6 is 0 Å². The van der Waals surface area contributed by atoms with Crippen molar-refractivity contribution in [3.8, 4) is 0 Å². The van der Waals surface area contributed by atoms with Crippen molar-refractivity contribution in [3.05, 3.63) is 0 Å². The smallest absolute Gasteiger partial charge is 0.223 e. The summed E-state index contributed by atoms with van der Waals surface area (Å²) in [5, 5.41) is 14.6. The number of amides is 1.